The molecule has 4 aliphatic rings. The molecule has 0 radical (unpaired) electrons. The van der Waals surface area contributed by atoms with E-state index in [0.29, 0.717) is 9.79 Å². The molecule has 2 heterocycles. The first-order chi connectivity index (χ1) is 32.2. The summed E-state index contributed by atoms with van der Waals surface area (Å²) >= 11 is 1.90. The summed E-state index contributed by atoms with van der Waals surface area (Å²) in [4.78, 5) is 3.49. The zero-order chi connectivity index (χ0) is 44.1. The molecule has 0 bridgehead atoms. The summed E-state index contributed by atoms with van der Waals surface area (Å²) < 4.78 is 27.3. The highest BCUT2D eigenvalue weighted by atomic mass is 32.2. The molecule has 12 aromatic carbocycles. The third-order valence-corrected chi connectivity index (χ3v) is 18.2. The van der Waals surface area contributed by atoms with Crippen LogP contribution in [-0.2, 0) is 9.84 Å². The van der Waals surface area contributed by atoms with Gasteiger partial charge in [-0.15, -0.1) is 0 Å². The van der Waals surface area contributed by atoms with Crippen LogP contribution < -0.4 is 0 Å². The van der Waals surface area contributed by atoms with E-state index in [0.717, 1.165) is 67.4 Å². The van der Waals surface area contributed by atoms with Crippen molar-refractivity contribution in [3.63, 3.8) is 0 Å². The van der Waals surface area contributed by atoms with E-state index in [-0.39, 0.29) is 0 Å². The summed E-state index contributed by atoms with van der Waals surface area (Å²) in [5.74, 6) is 0. The summed E-state index contributed by atoms with van der Waals surface area (Å²) in [7, 11) is -3.60. The van der Waals surface area contributed by atoms with Crippen LogP contribution in [0.25, 0.3) is 131 Å². The number of sulfone groups is 1. The van der Waals surface area contributed by atoms with Crippen molar-refractivity contribution in [3.05, 3.63) is 194 Å². The van der Waals surface area contributed by atoms with E-state index >= 15 is 0 Å². The monoisotopic (exact) mass is 876 g/mol. The Morgan fingerprint density at radius 3 is 1.20 bits per heavy atom. The minimum absolute atomic E-state index is 0.386. The highest BCUT2D eigenvalue weighted by Gasteiger charge is 2.33. The van der Waals surface area contributed by atoms with Crippen LogP contribution >= 0.6 is 11.8 Å². The van der Waals surface area contributed by atoms with E-state index < -0.39 is 9.84 Å². The molecule has 12 aromatic rings. The lowest BCUT2D eigenvalue weighted by Gasteiger charge is -2.26. The molecule has 66 heavy (non-hydrogen) atoms. The van der Waals surface area contributed by atoms with Gasteiger partial charge in [-0.1, -0.05) is 159 Å². The fourth-order valence-corrected chi connectivity index (χ4v) is 15.3. The molecular formula is C62H36O2S2. The highest BCUT2D eigenvalue weighted by molar-refractivity contribution is 7.99. The number of rotatable bonds is 0. The van der Waals surface area contributed by atoms with Gasteiger partial charge in [-0.25, -0.2) is 8.42 Å². The lowest BCUT2D eigenvalue weighted by atomic mass is 9.79. The van der Waals surface area contributed by atoms with Crippen LogP contribution in [0.5, 0.6) is 0 Å². The summed E-state index contributed by atoms with van der Waals surface area (Å²) in [6.45, 7) is 17.4. The molecule has 2 aliphatic carbocycles. The van der Waals surface area contributed by atoms with Crippen LogP contribution in [-0.4, -0.2) is 8.42 Å². The molecule has 0 aromatic heterocycles. The average molecular weight is 877 g/mol. The minimum Gasteiger partial charge on any atom is -0.218 e. The van der Waals surface area contributed by atoms with E-state index in [1.54, 1.807) is 18.2 Å². The van der Waals surface area contributed by atoms with Gasteiger partial charge < -0.3 is 0 Å². The van der Waals surface area contributed by atoms with Crippen LogP contribution in [0.3, 0.4) is 0 Å². The van der Waals surface area contributed by atoms with Crippen molar-refractivity contribution < 1.29 is 8.42 Å². The Kier molecular flexibility index (Phi) is 6.93. The first-order valence-corrected chi connectivity index (χ1v) is 24.7. The lowest BCUT2D eigenvalue weighted by molar-refractivity contribution is 0.597. The Morgan fingerprint density at radius 2 is 0.682 bits per heavy atom. The Morgan fingerprint density at radius 1 is 0.303 bits per heavy atom. The molecule has 0 spiro atoms. The Hall–Kier alpha value is -7.50. The molecular weight excluding hydrogens is 841 g/mol. The van der Waals surface area contributed by atoms with Crippen LogP contribution in [0.2, 0.25) is 0 Å². The fourth-order valence-electron chi connectivity index (χ4n) is 12.5. The smallest absolute Gasteiger partial charge is 0.207 e. The minimum atomic E-state index is -3.60. The lowest BCUT2D eigenvalue weighted by Crippen LogP contribution is -2.10. The average Bonchev–Trinajstić information content (AvgIpc) is 3.34. The second-order valence-electron chi connectivity index (χ2n) is 18.6. The maximum absolute atomic E-state index is 13.6. The normalized spacial score (nSPS) is 15.5. The molecule has 0 N–H and O–H groups in total. The van der Waals surface area contributed by atoms with E-state index in [9.17, 15) is 8.42 Å². The van der Waals surface area contributed by atoms with Crippen LogP contribution in [0.4, 0.5) is 0 Å². The van der Waals surface area contributed by atoms with Gasteiger partial charge >= 0.3 is 0 Å². The van der Waals surface area contributed by atoms with Crippen LogP contribution in [0, 0.1) is 0 Å². The third kappa shape index (κ3) is 4.42. The SMILES string of the molecule is C=C1CC(=C)c2ccc3c4ccc5c6c(ccc(c7ccc1c2c73)c64)-c1ccccc1S5(=O)=O.C=C1CC(=C)c2ccc3c4ccc5c6c(ccc(c7ccc1c2c73)c64)Sc1ccccc1-5. The van der Waals surface area contributed by atoms with E-state index in [1.165, 1.54) is 108 Å². The standard InChI is InChI=1S/C31H18O2S.C31H18S/c1-16-15-17(2)19-8-10-23-25-13-14-27-31-21(20-5-3-4-6-26(20)34(27,32)33)11-12-24(30(25)31)22-9-7-18(16)28(19)29(22)23;1-16-15-17(2)19-8-10-23-25-13-14-27-31-21(20-5-3-4-6-26(20)32-27)11-12-24(30(25)31)22-9-7-18(16)28(19)29(22)23/h3-14H,1-2,15H2;3-14H,1-2,15H2. The fraction of sp³-hybridized carbons (Fsp3) is 0.0323. The van der Waals surface area contributed by atoms with E-state index in [1.807, 2.05) is 30.0 Å². The predicted molar refractivity (Wildman–Crippen MR) is 281 cm³/mol. The first-order valence-electron chi connectivity index (χ1n) is 22.4. The van der Waals surface area contributed by atoms with Crippen molar-refractivity contribution in [2.75, 3.05) is 0 Å². The quantitative estimate of drug-likeness (QED) is 0.112. The Balaban J connectivity index is 0.000000121. The number of allylic oxidation sites excluding steroid dienone is 4. The summed E-state index contributed by atoms with van der Waals surface area (Å²) in [6.07, 6.45) is 1.65. The Labute approximate surface area is 385 Å². The van der Waals surface area contributed by atoms with Crippen molar-refractivity contribution in [1.82, 2.24) is 0 Å². The van der Waals surface area contributed by atoms with Crippen molar-refractivity contribution >= 4 is 130 Å². The van der Waals surface area contributed by atoms with Gasteiger partial charge in [-0.05, 0) is 174 Å². The molecule has 2 aliphatic heterocycles. The van der Waals surface area contributed by atoms with Crippen molar-refractivity contribution in [2.45, 2.75) is 32.4 Å². The topological polar surface area (TPSA) is 34.1 Å². The maximum atomic E-state index is 13.6. The van der Waals surface area contributed by atoms with Gasteiger partial charge in [0.1, 0.15) is 0 Å². The van der Waals surface area contributed by atoms with Crippen molar-refractivity contribution in [3.8, 4) is 22.3 Å². The maximum Gasteiger partial charge on any atom is 0.207 e. The summed E-state index contributed by atoms with van der Waals surface area (Å²) in [5.41, 5.74) is 14.0. The number of hydrogen-bond acceptors (Lipinski definition) is 3. The van der Waals surface area contributed by atoms with Gasteiger partial charge in [0.2, 0.25) is 9.84 Å². The van der Waals surface area contributed by atoms with Gasteiger partial charge in [0.15, 0.2) is 0 Å². The molecule has 0 fully saturated rings. The zero-order valence-electron chi connectivity index (χ0n) is 35.7. The highest BCUT2D eigenvalue weighted by Crippen LogP contribution is 2.55. The van der Waals surface area contributed by atoms with Gasteiger partial charge in [-0.2, -0.15) is 0 Å². The van der Waals surface area contributed by atoms with Crippen LogP contribution in [0.1, 0.15) is 35.1 Å². The van der Waals surface area contributed by atoms with E-state index in [2.05, 4.69) is 136 Å². The molecule has 308 valence electrons. The number of fused-ring (bicyclic) bond motifs is 8. The molecule has 16 rings (SSSR count). The van der Waals surface area contributed by atoms with Gasteiger partial charge in [0, 0.05) is 26.1 Å². The largest absolute Gasteiger partial charge is 0.218 e. The molecule has 0 unspecified atom stereocenters. The van der Waals surface area contributed by atoms with Crippen molar-refractivity contribution in [1.29, 1.82) is 0 Å². The summed E-state index contributed by atoms with van der Waals surface area (Å²) in [6, 6.07) is 51.4. The van der Waals surface area contributed by atoms with Gasteiger partial charge in [-0.3, -0.25) is 0 Å². The van der Waals surface area contributed by atoms with Crippen molar-refractivity contribution in [2.24, 2.45) is 0 Å². The molecule has 0 saturated carbocycles. The van der Waals surface area contributed by atoms with Crippen LogP contribution in [0.15, 0.2) is 191 Å². The first kappa shape index (κ1) is 36.8. The molecule has 0 atom stereocenters. The zero-order valence-corrected chi connectivity index (χ0v) is 37.4. The molecule has 0 saturated heterocycles. The predicted octanol–water partition coefficient (Wildman–Crippen LogP) is 17.3. The third-order valence-electron chi connectivity index (χ3n) is 15.3. The number of hydrogen-bond donors (Lipinski definition) is 0. The Bertz CT molecular complexity index is 4370. The van der Waals surface area contributed by atoms with Gasteiger partial charge in [0.25, 0.3) is 0 Å². The van der Waals surface area contributed by atoms with E-state index in [4.69, 9.17) is 0 Å². The second kappa shape index (κ2) is 12.4. The molecule has 0 amide bonds. The molecule has 4 heteroatoms. The van der Waals surface area contributed by atoms with Gasteiger partial charge in [0.05, 0.1) is 9.79 Å². The number of benzene rings is 12. The molecule has 2 nitrogen and oxygen atoms in total. The second-order valence-corrected chi connectivity index (χ2v) is 21.5. The summed E-state index contributed by atoms with van der Waals surface area (Å²) in [5, 5.41) is 19.6.